The van der Waals surface area contributed by atoms with Crippen LogP contribution in [0.5, 0.6) is 5.75 Å². The van der Waals surface area contributed by atoms with Crippen LogP contribution in [0.15, 0.2) is 43.2 Å². The highest BCUT2D eigenvalue weighted by Gasteiger charge is 2.25. The predicted molar refractivity (Wildman–Crippen MR) is 109 cm³/mol. The fraction of sp³-hybridized carbons (Fsp3) is 0.238. The fourth-order valence-electron chi connectivity index (χ4n) is 3.19. The molecule has 30 heavy (non-hydrogen) atoms. The molecule has 0 unspecified atom stereocenters. The Hall–Kier alpha value is -3.93. The van der Waals surface area contributed by atoms with Gasteiger partial charge in [-0.15, -0.1) is 0 Å². The minimum absolute atomic E-state index is 0.0179. The number of ether oxygens (including phenoxy) is 1. The standard InChI is InChI=1S/C21H19FN6O2/c1-2-18(29)28-10-9-14(12-28)25-20-19-21(24-13-23-20)27-17(26-19)8-5-11-30-16-7-4-3-6-15(16)22/h2-4,6-7,13-14H,1,9-12H2,(H2,23,24,25,26,27)/t14-/m0/s1. The molecule has 1 atom stereocenters. The number of nitrogens with one attached hydrogen (secondary N) is 2. The maximum Gasteiger partial charge on any atom is 0.246 e. The molecule has 1 saturated heterocycles. The Morgan fingerprint density at radius 3 is 3.13 bits per heavy atom. The summed E-state index contributed by atoms with van der Waals surface area (Å²) in [5.74, 6) is 6.26. The number of H-pyrrole nitrogens is 1. The number of carbonyl (C=O) groups excluding carboxylic acids is 1. The summed E-state index contributed by atoms with van der Waals surface area (Å²) in [6.07, 6.45) is 3.55. The number of hydrogen-bond donors (Lipinski definition) is 2. The highest BCUT2D eigenvalue weighted by atomic mass is 19.1. The molecule has 2 N–H and O–H groups in total. The van der Waals surface area contributed by atoms with Gasteiger partial charge in [-0.3, -0.25) is 4.79 Å². The van der Waals surface area contributed by atoms with Crippen LogP contribution < -0.4 is 10.1 Å². The number of rotatable bonds is 5. The van der Waals surface area contributed by atoms with E-state index in [4.69, 9.17) is 4.74 Å². The first-order chi connectivity index (χ1) is 14.6. The van der Waals surface area contributed by atoms with Crippen molar-refractivity contribution >= 4 is 22.9 Å². The first kappa shape index (κ1) is 19.4. The van der Waals surface area contributed by atoms with Crippen molar-refractivity contribution in [1.82, 2.24) is 24.8 Å². The molecule has 9 heteroatoms. The minimum atomic E-state index is -0.436. The lowest BCUT2D eigenvalue weighted by Gasteiger charge is -2.15. The Labute approximate surface area is 172 Å². The fourth-order valence-corrected chi connectivity index (χ4v) is 3.19. The van der Waals surface area contributed by atoms with Gasteiger partial charge in [0.15, 0.2) is 34.4 Å². The summed E-state index contributed by atoms with van der Waals surface area (Å²) in [7, 11) is 0. The van der Waals surface area contributed by atoms with Gasteiger partial charge in [-0.25, -0.2) is 19.3 Å². The van der Waals surface area contributed by atoms with Crippen LogP contribution in [-0.4, -0.2) is 56.5 Å². The van der Waals surface area contributed by atoms with E-state index in [0.717, 1.165) is 6.42 Å². The maximum atomic E-state index is 13.5. The van der Waals surface area contributed by atoms with Gasteiger partial charge in [0.2, 0.25) is 5.91 Å². The number of aromatic amines is 1. The van der Waals surface area contributed by atoms with Crippen LogP contribution in [0.2, 0.25) is 0 Å². The topological polar surface area (TPSA) is 96.0 Å². The lowest BCUT2D eigenvalue weighted by Crippen LogP contribution is -2.30. The number of halogens is 1. The normalized spacial score (nSPS) is 15.5. The molecule has 8 nitrogen and oxygen atoms in total. The number of para-hydroxylation sites is 1. The molecular formula is C21H19FN6O2. The van der Waals surface area contributed by atoms with Crippen LogP contribution in [0, 0.1) is 17.7 Å². The van der Waals surface area contributed by atoms with Crippen LogP contribution in [0.25, 0.3) is 11.2 Å². The zero-order valence-electron chi connectivity index (χ0n) is 16.1. The molecule has 1 aliphatic heterocycles. The molecule has 2 aromatic heterocycles. The second kappa shape index (κ2) is 8.61. The van der Waals surface area contributed by atoms with Crippen LogP contribution >= 0.6 is 0 Å². The van der Waals surface area contributed by atoms with Crippen molar-refractivity contribution in [2.75, 3.05) is 25.0 Å². The number of anilines is 1. The Kier molecular flexibility index (Phi) is 5.57. The summed E-state index contributed by atoms with van der Waals surface area (Å²) in [5.41, 5.74) is 1.11. The van der Waals surface area contributed by atoms with Crippen LogP contribution in [0.4, 0.5) is 10.2 Å². The first-order valence-electron chi connectivity index (χ1n) is 9.39. The van der Waals surface area contributed by atoms with E-state index < -0.39 is 5.82 Å². The lowest BCUT2D eigenvalue weighted by molar-refractivity contribution is -0.125. The van der Waals surface area contributed by atoms with Crippen molar-refractivity contribution in [2.24, 2.45) is 0 Å². The number of benzene rings is 1. The molecule has 3 heterocycles. The summed E-state index contributed by atoms with van der Waals surface area (Å²) in [5, 5.41) is 3.32. The minimum Gasteiger partial charge on any atom is -0.478 e. The number of likely N-dealkylation sites (tertiary alicyclic amines) is 1. The molecule has 1 aromatic carbocycles. The van der Waals surface area contributed by atoms with Crippen molar-refractivity contribution in [2.45, 2.75) is 12.5 Å². The first-order valence-corrected chi connectivity index (χ1v) is 9.39. The van der Waals surface area contributed by atoms with Gasteiger partial charge in [-0.1, -0.05) is 24.6 Å². The average Bonchev–Trinajstić information content (AvgIpc) is 3.39. The van der Waals surface area contributed by atoms with E-state index >= 15 is 0 Å². The SMILES string of the molecule is C=CC(=O)N1CC[C@H](Nc2ncnc3[nH]c(C#CCOc4ccccc4F)nc23)C1. The van der Waals surface area contributed by atoms with E-state index in [1.807, 2.05) is 0 Å². The molecule has 0 bridgehead atoms. The van der Waals surface area contributed by atoms with Crippen molar-refractivity contribution in [3.63, 3.8) is 0 Å². The van der Waals surface area contributed by atoms with Gasteiger partial charge in [0.25, 0.3) is 0 Å². The smallest absolute Gasteiger partial charge is 0.246 e. The van der Waals surface area contributed by atoms with E-state index in [0.29, 0.717) is 35.9 Å². The van der Waals surface area contributed by atoms with Gasteiger partial charge in [-0.05, 0) is 30.6 Å². The van der Waals surface area contributed by atoms with Crippen LogP contribution in [0.3, 0.4) is 0 Å². The lowest BCUT2D eigenvalue weighted by atomic mass is 10.2. The molecular weight excluding hydrogens is 387 g/mol. The molecule has 1 aliphatic rings. The summed E-state index contributed by atoms with van der Waals surface area (Å²) in [6.45, 7) is 4.77. The Morgan fingerprint density at radius 2 is 2.30 bits per heavy atom. The molecule has 152 valence electrons. The van der Waals surface area contributed by atoms with E-state index in [1.165, 1.54) is 18.5 Å². The molecule has 4 rings (SSSR count). The Morgan fingerprint density at radius 1 is 1.43 bits per heavy atom. The highest BCUT2D eigenvalue weighted by molar-refractivity contribution is 5.87. The second-order valence-corrected chi connectivity index (χ2v) is 6.64. The molecule has 1 amide bonds. The number of aromatic nitrogens is 4. The van der Waals surface area contributed by atoms with Gasteiger partial charge in [0.05, 0.1) is 0 Å². The van der Waals surface area contributed by atoms with E-state index in [-0.39, 0.29) is 24.3 Å². The van der Waals surface area contributed by atoms with Crippen LogP contribution in [-0.2, 0) is 4.79 Å². The van der Waals surface area contributed by atoms with Gasteiger partial charge in [0.1, 0.15) is 12.9 Å². The zero-order valence-corrected chi connectivity index (χ0v) is 16.1. The van der Waals surface area contributed by atoms with Crippen molar-refractivity contribution in [3.8, 4) is 17.6 Å². The zero-order chi connectivity index (χ0) is 20.9. The predicted octanol–water partition coefficient (Wildman–Crippen LogP) is 2.12. The van der Waals surface area contributed by atoms with Gasteiger partial charge in [0, 0.05) is 19.1 Å². The molecule has 0 saturated carbocycles. The number of nitrogens with zero attached hydrogens (tertiary/aromatic N) is 4. The van der Waals surface area contributed by atoms with Crippen molar-refractivity contribution in [3.05, 3.63) is 54.9 Å². The monoisotopic (exact) mass is 406 g/mol. The third-order valence-corrected chi connectivity index (χ3v) is 4.64. The van der Waals surface area contributed by atoms with E-state index in [9.17, 15) is 9.18 Å². The Balaban J connectivity index is 1.43. The number of carbonyl (C=O) groups is 1. The molecule has 1 fully saturated rings. The number of fused-ring (bicyclic) bond motifs is 1. The summed E-state index contributed by atoms with van der Waals surface area (Å²) >= 11 is 0. The van der Waals surface area contributed by atoms with Crippen LogP contribution in [0.1, 0.15) is 12.2 Å². The molecule has 3 aromatic rings. The average molecular weight is 406 g/mol. The number of imidazole rings is 1. The highest BCUT2D eigenvalue weighted by Crippen LogP contribution is 2.20. The van der Waals surface area contributed by atoms with Gasteiger partial charge in [-0.2, -0.15) is 0 Å². The molecule has 0 aliphatic carbocycles. The maximum absolute atomic E-state index is 13.5. The number of hydrogen-bond acceptors (Lipinski definition) is 6. The quantitative estimate of drug-likeness (QED) is 0.498. The number of amides is 1. The van der Waals surface area contributed by atoms with E-state index in [2.05, 4.69) is 43.7 Å². The molecule has 0 radical (unpaired) electrons. The Bertz CT molecular complexity index is 1150. The van der Waals surface area contributed by atoms with E-state index in [1.54, 1.807) is 23.1 Å². The summed E-state index contributed by atoms with van der Waals surface area (Å²) in [6, 6.07) is 6.21. The molecule has 0 spiro atoms. The van der Waals surface area contributed by atoms with Crippen molar-refractivity contribution < 1.29 is 13.9 Å². The van der Waals surface area contributed by atoms with Crippen molar-refractivity contribution in [1.29, 1.82) is 0 Å². The summed E-state index contributed by atoms with van der Waals surface area (Å²) in [4.78, 5) is 29.4. The largest absolute Gasteiger partial charge is 0.478 e. The second-order valence-electron chi connectivity index (χ2n) is 6.64. The van der Waals surface area contributed by atoms with Gasteiger partial charge >= 0.3 is 0 Å². The summed E-state index contributed by atoms with van der Waals surface area (Å²) < 4.78 is 18.9. The third kappa shape index (κ3) is 4.22. The third-order valence-electron chi connectivity index (χ3n) is 4.64. The van der Waals surface area contributed by atoms with Gasteiger partial charge < -0.3 is 19.9 Å².